The molecule has 1 aromatic carbocycles. The Bertz CT molecular complexity index is 794. The number of ether oxygens (including phenoxy) is 2. The molecule has 0 radical (unpaired) electrons. The Hall–Kier alpha value is -2.21. The average Bonchev–Trinajstić information content (AvgIpc) is 2.79. The van der Waals surface area contributed by atoms with Crippen LogP contribution >= 0.6 is 11.6 Å². The molecule has 1 unspecified atom stereocenters. The van der Waals surface area contributed by atoms with Gasteiger partial charge in [0.25, 0.3) is 0 Å². The van der Waals surface area contributed by atoms with Crippen molar-refractivity contribution in [3.63, 3.8) is 0 Å². The zero-order valence-corrected chi connectivity index (χ0v) is 20.4. The maximum Gasteiger partial charge on any atom is 0.337 e. The predicted molar refractivity (Wildman–Crippen MR) is 128 cm³/mol. The average molecular weight is 465 g/mol. The highest BCUT2D eigenvalue weighted by Crippen LogP contribution is 2.34. The van der Waals surface area contributed by atoms with Gasteiger partial charge in [-0.2, -0.15) is 0 Å². The minimum absolute atomic E-state index is 0.343. The van der Waals surface area contributed by atoms with Crippen molar-refractivity contribution in [3.05, 3.63) is 40.1 Å². The first-order valence-corrected chi connectivity index (χ1v) is 12.2. The minimum atomic E-state index is -0.627. The molecule has 0 bridgehead atoms. The van der Waals surface area contributed by atoms with E-state index in [2.05, 4.69) is 24.5 Å². The van der Waals surface area contributed by atoms with Gasteiger partial charge in [-0.25, -0.2) is 9.59 Å². The first-order chi connectivity index (χ1) is 15.5. The maximum atomic E-state index is 12.5. The number of carbonyl (C=O) groups is 2. The zero-order chi connectivity index (χ0) is 23.3. The molecule has 1 aromatic rings. The van der Waals surface area contributed by atoms with Crippen LogP contribution in [0.1, 0.15) is 89.7 Å². The summed E-state index contributed by atoms with van der Waals surface area (Å²) in [4.78, 5) is 24.8. The van der Waals surface area contributed by atoms with Gasteiger partial charge in [-0.15, -0.1) is 0 Å². The van der Waals surface area contributed by atoms with E-state index in [0.717, 1.165) is 25.7 Å². The van der Waals surface area contributed by atoms with E-state index < -0.39 is 12.0 Å². The van der Waals surface area contributed by atoms with Crippen LogP contribution in [-0.2, 0) is 9.53 Å². The number of rotatable bonds is 14. The summed E-state index contributed by atoms with van der Waals surface area (Å²) in [6.07, 6.45) is 10.9. The van der Waals surface area contributed by atoms with Crippen molar-refractivity contribution in [2.24, 2.45) is 0 Å². The van der Waals surface area contributed by atoms with Gasteiger partial charge in [0.1, 0.15) is 5.75 Å². The normalized spacial score (nSPS) is 15.9. The summed E-state index contributed by atoms with van der Waals surface area (Å²) in [7, 11) is 1.34. The number of halogens is 1. The molecule has 0 fully saturated rings. The monoisotopic (exact) mass is 464 g/mol. The van der Waals surface area contributed by atoms with Gasteiger partial charge in [-0.05, 0) is 37.0 Å². The highest BCUT2D eigenvalue weighted by atomic mass is 35.5. The van der Waals surface area contributed by atoms with E-state index in [0.29, 0.717) is 40.6 Å². The molecule has 0 spiro atoms. The molecule has 2 rings (SSSR count). The fraction of sp³-hybridized carbons (Fsp3) is 0.600. The third-order valence-electron chi connectivity index (χ3n) is 5.63. The predicted octanol–water partition coefficient (Wildman–Crippen LogP) is 6.44. The van der Waals surface area contributed by atoms with Gasteiger partial charge in [0, 0.05) is 5.70 Å². The van der Waals surface area contributed by atoms with Crippen LogP contribution in [0.2, 0.25) is 5.02 Å². The summed E-state index contributed by atoms with van der Waals surface area (Å²) >= 11 is 6.48. The van der Waals surface area contributed by atoms with Gasteiger partial charge in [0.15, 0.2) is 0 Å². The van der Waals surface area contributed by atoms with Gasteiger partial charge in [-0.3, -0.25) is 0 Å². The maximum absolute atomic E-state index is 12.5. The standard InChI is InChI=1S/C25H37ClN2O4/c1-4-6-8-9-10-11-12-16-32-21-15-14-18(17-19(21)26)23-22(24(29)31-3)20(13-7-5-2)27-25(30)28-23/h14-15,17,23H,4-13,16H2,1-3H3,(H2,27,28,30). The van der Waals surface area contributed by atoms with E-state index in [9.17, 15) is 9.59 Å². The van der Waals surface area contributed by atoms with Crippen LogP contribution in [0, 0.1) is 0 Å². The zero-order valence-electron chi connectivity index (χ0n) is 19.6. The van der Waals surface area contributed by atoms with Crippen LogP contribution in [0.25, 0.3) is 0 Å². The van der Waals surface area contributed by atoms with Crippen LogP contribution in [0.5, 0.6) is 5.75 Å². The second kappa shape index (κ2) is 14.0. The van der Waals surface area contributed by atoms with Crippen molar-refractivity contribution < 1.29 is 19.1 Å². The summed E-state index contributed by atoms with van der Waals surface area (Å²) in [5.41, 5.74) is 1.72. The number of benzene rings is 1. The van der Waals surface area contributed by atoms with Crippen molar-refractivity contribution in [2.75, 3.05) is 13.7 Å². The van der Waals surface area contributed by atoms with Crippen molar-refractivity contribution in [3.8, 4) is 5.75 Å². The Labute approximate surface area is 197 Å². The van der Waals surface area contributed by atoms with E-state index in [-0.39, 0.29) is 6.03 Å². The number of urea groups is 1. The molecule has 0 saturated heterocycles. The van der Waals surface area contributed by atoms with E-state index in [1.54, 1.807) is 12.1 Å². The highest BCUT2D eigenvalue weighted by molar-refractivity contribution is 6.32. The van der Waals surface area contributed by atoms with Gasteiger partial charge in [0.2, 0.25) is 0 Å². The molecular formula is C25H37ClN2O4. The number of hydrogen-bond acceptors (Lipinski definition) is 4. The topological polar surface area (TPSA) is 76.7 Å². The SMILES string of the molecule is CCCCCCCCCOc1ccc(C2NC(=O)NC(CCCC)=C2C(=O)OC)cc1Cl. The van der Waals surface area contributed by atoms with Crippen molar-refractivity contribution in [1.82, 2.24) is 10.6 Å². The molecule has 32 heavy (non-hydrogen) atoms. The number of amides is 2. The molecule has 2 amide bonds. The van der Waals surface area contributed by atoms with Gasteiger partial charge < -0.3 is 20.1 Å². The molecule has 1 heterocycles. The smallest absolute Gasteiger partial charge is 0.337 e. The summed E-state index contributed by atoms with van der Waals surface area (Å²) in [6, 6.07) is 4.41. The highest BCUT2D eigenvalue weighted by Gasteiger charge is 2.33. The third kappa shape index (κ3) is 7.73. The molecule has 0 aliphatic carbocycles. The summed E-state index contributed by atoms with van der Waals surface area (Å²) in [5.74, 6) is 0.139. The lowest BCUT2D eigenvalue weighted by molar-refractivity contribution is -0.136. The Morgan fingerprint density at radius 2 is 1.72 bits per heavy atom. The Kier molecular flexibility index (Phi) is 11.4. The fourth-order valence-electron chi connectivity index (χ4n) is 3.82. The van der Waals surface area contributed by atoms with Crippen LogP contribution in [0.3, 0.4) is 0 Å². The van der Waals surface area contributed by atoms with Crippen molar-refractivity contribution in [2.45, 2.75) is 84.1 Å². The Balaban J connectivity index is 2.06. The number of allylic oxidation sites excluding steroid dienone is 1. The first-order valence-electron chi connectivity index (χ1n) is 11.8. The van der Waals surface area contributed by atoms with Gasteiger partial charge in [0.05, 0.1) is 30.4 Å². The molecule has 1 atom stereocenters. The molecule has 6 nitrogen and oxygen atoms in total. The quantitative estimate of drug-likeness (QED) is 0.245. The van der Waals surface area contributed by atoms with E-state index in [1.807, 2.05) is 6.07 Å². The van der Waals surface area contributed by atoms with E-state index in [1.165, 1.54) is 39.2 Å². The van der Waals surface area contributed by atoms with Gasteiger partial charge in [-0.1, -0.05) is 76.5 Å². The largest absolute Gasteiger partial charge is 0.492 e. The second-order valence-electron chi connectivity index (χ2n) is 8.18. The molecule has 7 heteroatoms. The molecular weight excluding hydrogens is 428 g/mol. The van der Waals surface area contributed by atoms with Crippen LogP contribution < -0.4 is 15.4 Å². The fourth-order valence-corrected chi connectivity index (χ4v) is 4.07. The lowest BCUT2D eigenvalue weighted by atomic mass is 9.93. The number of methoxy groups -OCH3 is 1. The van der Waals surface area contributed by atoms with Crippen LogP contribution in [-0.4, -0.2) is 25.7 Å². The number of hydrogen-bond donors (Lipinski definition) is 2. The lowest BCUT2D eigenvalue weighted by Crippen LogP contribution is -2.45. The molecule has 1 aliphatic rings. The number of esters is 1. The summed E-state index contributed by atoms with van der Waals surface area (Å²) in [6.45, 7) is 4.90. The third-order valence-corrected chi connectivity index (χ3v) is 5.93. The Morgan fingerprint density at radius 1 is 1.03 bits per heavy atom. The molecule has 2 N–H and O–H groups in total. The lowest BCUT2D eigenvalue weighted by Gasteiger charge is -2.29. The summed E-state index contributed by atoms with van der Waals surface area (Å²) < 4.78 is 10.9. The van der Waals surface area contributed by atoms with E-state index >= 15 is 0 Å². The minimum Gasteiger partial charge on any atom is -0.492 e. The summed E-state index contributed by atoms with van der Waals surface area (Å²) in [5, 5.41) is 6.05. The molecule has 0 saturated carbocycles. The Morgan fingerprint density at radius 3 is 2.38 bits per heavy atom. The van der Waals surface area contributed by atoms with Gasteiger partial charge >= 0.3 is 12.0 Å². The number of unbranched alkanes of at least 4 members (excludes halogenated alkanes) is 7. The first kappa shape index (κ1) is 26.0. The second-order valence-corrected chi connectivity index (χ2v) is 8.59. The molecule has 1 aliphatic heterocycles. The molecule has 0 aromatic heterocycles. The molecule has 178 valence electrons. The van der Waals surface area contributed by atoms with Crippen LogP contribution in [0.15, 0.2) is 29.5 Å². The number of carbonyl (C=O) groups excluding carboxylic acids is 2. The van der Waals surface area contributed by atoms with Crippen LogP contribution in [0.4, 0.5) is 4.79 Å². The van der Waals surface area contributed by atoms with E-state index in [4.69, 9.17) is 21.1 Å². The number of nitrogens with one attached hydrogen (secondary N) is 2. The van der Waals surface area contributed by atoms with Crippen molar-refractivity contribution >= 4 is 23.6 Å². The van der Waals surface area contributed by atoms with Crippen molar-refractivity contribution in [1.29, 1.82) is 0 Å².